The number of carbonyl (C=O) groups is 1. The molecule has 1 aromatic rings. The smallest absolute Gasteiger partial charge is 0.143 e. The molecule has 0 aromatic heterocycles. The molecule has 1 atom stereocenters. The molecule has 0 bridgehead atoms. The van der Waals surface area contributed by atoms with Crippen molar-refractivity contribution in [1.82, 2.24) is 0 Å². The van der Waals surface area contributed by atoms with Gasteiger partial charge in [0.25, 0.3) is 0 Å². The Kier molecular flexibility index (Phi) is 3.91. The Hall–Kier alpha value is -1.39. The van der Waals surface area contributed by atoms with Crippen molar-refractivity contribution in [1.29, 1.82) is 0 Å². The molecule has 1 aromatic carbocycles. The first kappa shape index (κ1) is 13.7. The Balaban J connectivity index is 3.06. The Morgan fingerprint density at radius 1 is 1.29 bits per heavy atom. The lowest BCUT2D eigenvalue weighted by molar-refractivity contribution is -0.878. The molecule has 0 radical (unpaired) electrons. The molecule has 0 spiro atoms. The van der Waals surface area contributed by atoms with Crippen molar-refractivity contribution < 1.29 is 19.5 Å². The highest BCUT2D eigenvalue weighted by Gasteiger charge is 2.35. The minimum absolute atomic E-state index is 0.311. The second-order valence-electron chi connectivity index (χ2n) is 5.39. The van der Waals surface area contributed by atoms with Gasteiger partial charge >= 0.3 is 0 Å². The van der Waals surface area contributed by atoms with Gasteiger partial charge in [-0.25, -0.2) is 0 Å². The predicted molar refractivity (Wildman–Crippen MR) is 62.9 cm³/mol. The van der Waals surface area contributed by atoms with Gasteiger partial charge in [0.1, 0.15) is 12.1 Å². The van der Waals surface area contributed by atoms with Gasteiger partial charge in [-0.15, -0.1) is 0 Å². The molecule has 0 saturated heterocycles. The third-order valence-electron chi connectivity index (χ3n) is 2.48. The normalized spacial score (nSPS) is 15.3. The molecule has 17 heavy (non-hydrogen) atoms. The molecule has 4 heteroatoms. The zero-order valence-corrected chi connectivity index (χ0v) is 10.5. The number of rotatable bonds is 5. The minimum Gasteiger partial charge on any atom is -0.550 e. The largest absolute Gasteiger partial charge is 0.550 e. The topological polar surface area (TPSA) is 60.4 Å². The van der Waals surface area contributed by atoms with Crippen LogP contribution in [0.25, 0.3) is 0 Å². The van der Waals surface area contributed by atoms with Crippen LogP contribution in [0.2, 0.25) is 0 Å². The lowest BCUT2D eigenvalue weighted by Gasteiger charge is -2.36. The number of carbonyl (C=O) groups excluding carboxylic acids is 1. The number of carboxylic acids is 1. The van der Waals surface area contributed by atoms with E-state index in [0.29, 0.717) is 16.6 Å². The number of benzene rings is 1. The number of hydrogen-bond donors (Lipinski definition) is 1. The van der Waals surface area contributed by atoms with Crippen molar-refractivity contribution in [2.75, 3.05) is 27.7 Å². The van der Waals surface area contributed by atoms with Crippen molar-refractivity contribution in [3.63, 3.8) is 0 Å². The van der Waals surface area contributed by atoms with E-state index < -0.39 is 18.0 Å². The second kappa shape index (κ2) is 4.85. The summed E-state index contributed by atoms with van der Waals surface area (Å²) in [6, 6.07) is 8.86. The van der Waals surface area contributed by atoms with Crippen molar-refractivity contribution >= 4 is 5.97 Å². The van der Waals surface area contributed by atoms with Crippen LogP contribution in [0, 0.1) is 0 Å². The van der Waals surface area contributed by atoms with E-state index in [4.69, 9.17) is 0 Å². The molecule has 0 aliphatic carbocycles. The zero-order valence-electron chi connectivity index (χ0n) is 10.5. The first-order valence-electron chi connectivity index (χ1n) is 5.51. The van der Waals surface area contributed by atoms with E-state index in [2.05, 4.69) is 0 Å². The molecule has 1 unspecified atom stereocenters. The zero-order chi connectivity index (χ0) is 13.1. The first-order valence-corrected chi connectivity index (χ1v) is 5.51. The highest BCUT2D eigenvalue weighted by molar-refractivity contribution is 5.66. The average molecular weight is 237 g/mol. The SMILES string of the molecule is C[N+](C)(C)CC(O)(CC(=O)[O-])c1ccccc1. The predicted octanol–water partition coefficient (Wildman–Crippen LogP) is -0.280. The fourth-order valence-electron chi connectivity index (χ4n) is 2.02. The van der Waals surface area contributed by atoms with Crippen molar-refractivity contribution in [3.8, 4) is 0 Å². The van der Waals surface area contributed by atoms with E-state index in [9.17, 15) is 15.0 Å². The number of likely N-dealkylation sites (N-methyl/N-ethyl adjacent to an activating group) is 1. The Bertz CT molecular complexity index is 383. The summed E-state index contributed by atoms with van der Waals surface area (Å²) in [6.07, 6.45) is -0.396. The van der Waals surface area contributed by atoms with Crippen molar-refractivity contribution in [2.45, 2.75) is 12.0 Å². The maximum Gasteiger partial charge on any atom is 0.143 e. The molecular weight excluding hydrogens is 218 g/mol. The number of aliphatic hydroxyl groups is 1. The molecule has 0 heterocycles. The quantitative estimate of drug-likeness (QED) is 0.717. The molecular formula is C13H19NO3. The van der Waals surface area contributed by atoms with Crippen molar-refractivity contribution in [3.05, 3.63) is 35.9 Å². The van der Waals surface area contributed by atoms with Gasteiger partial charge in [0, 0.05) is 12.4 Å². The van der Waals surface area contributed by atoms with Crippen LogP contribution in [-0.2, 0) is 10.4 Å². The molecule has 1 rings (SSSR count). The summed E-state index contributed by atoms with van der Waals surface area (Å²) in [6.45, 7) is 0.311. The van der Waals surface area contributed by atoms with Crippen LogP contribution in [0.4, 0.5) is 0 Å². The summed E-state index contributed by atoms with van der Waals surface area (Å²) >= 11 is 0. The number of quaternary nitrogens is 1. The molecule has 0 fully saturated rings. The molecule has 0 aliphatic heterocycles. The summed E-state index contributed by atoms with van der Waals surface area (Å²) in [4.78, 5) is 10.8. The van der Waals surface area contributed by atoms with E-state index in [-0.39, 0.29) is 0 Å². The van der Waals surface area contributed by atoms with Gasteiger partial charge in [-0.1, -0.05) is 30.3 Å². The molecule has 4 nitrogen and oxygen atoms in total. The van der Waals surface area contributed by atoms with Crippen LogP contribution in [0.3, 0.4) is 0 Å². The van der Waals surface area contributed by atoms with Crippen LogP contribution in [0.1, 0.15) is 12.0 Å². The van der Waals surface area contributed by atoms with Crippen molar-refractivity contribution in [2.24, 2.45) is 0 Å². The van der Waals surface area contributed by atoms with Gasteiger partial charge in [-0.05, 0) is 5.56 Å². The van der Waals surface area contributed by atoms with Crippen LogP contribution in [0.15, 0.2) is 30.3 Å². The first-order chi connectivity index (χ1) is 7.73. The lowest BCUT2D eigenvalue weighted by atomic mass is 9.89. The van der Waals surface area contributed by atoms with Gasteiger partial charge in [0.2, 0.25) is 0 Å². The standard InChI is InChI=1S/C13H19NO3/c1-14(2,3)10-13(17,9-12(15)16)11-7-5-4-6-8-11/h4-8,17H,9-10H2,1-3H3. The average Bonchev–Trinajstić information content (AvgIpc) is 2.14. The third kappa shape index (κ3) is 4.17. The third-order valence-corrected chi connectivity index (χ3v) is 2.48. The Labute approximate surface area is 102 Å². The monoisotopic (exact) mass is 237 g/mol. The van der Waals surface area contributed by atoms with Crippen LogP contribution in [-0.4, -0.2) is 43.2 Å². The van der Waals surface area contributed by atoms with Gasteiger partial charge < -0.3 is 19.5 Å². The fraction of sp³-hybridized carbons (Fsp3) is 0.462. The molecule has 0 saturated carbocycles. The highest BCUT2D eigenvalue weighted by Crippen LogP contribution is 2.26. The number of aliphatic carboxylic acids is 1. The van der Waals surface area contributed by atoms with E-state index in [0.717, 1.165) is 0 Å². The summed E-state index contributed by atoms with van der Waals surface area (Å²) in [5, 5.41) is 21.3. The minimum atomic E-state index is -1.39. The van der Waals surface area contributed by atoms with Gasteiger partial charge in [0.15, 0.2) is 0 Å². The lowest BCUT2D eigenvalue weighted by Crippen LogP contribution is -2.49. The summed E-state index contributed by atoms with van der Waals surface area (Å²) in [5.41, 5.74) is -0.782. The van der Waals surface area contributed by atoms with Crippen LogP contribution in [0.5, 0.6) is 0 Å². The summed E-state index contributed by atoms with van der Waals surface area (Å²) in [7, 11) is 5.72. The maximum atomic E-state index is 10.8. The Morgan fingerprint density at radius 3 is 2.24 bits per heavy atom. The van der Waals surface area contributed by atoms with E-state index in [1.807, 2.05) is 27.2 Å². The van der Waals surface area contributed by atoms with Crippen LogP contribution >= 0.6 is 0 Å². The van der Waals surface area contributed by atoms with E-state index in [1.165, 1.54) is 0 Å². The second-order valence-corrected chi connectivity index (χ2v) is 5.39. The summed E-state index contributed by atoms with van der Waals surface area (Å²) < 4.78 is 0.471. The summed E-state index contributed by atoms with van der Waals surface area (Å²) in [5.74, 6) is -1.25. The van der Waals surface area contributed by atoms with E-state index in [1.54, 1.807) is 24.3 Å². The molecule has 0 aliphatic rings. The van der Waals surface area contributed by atoms with Gasteiger partial charge in [0.05, 0.1) is 21.1 Å². The van der Waals surface area contributed by atoms with Gasteiger partial charge in [-0.3, -0.25) is 0 Å². The number of hydrogen-bond acceptors (Lipinski definition) is 3. The maximum absolute atomic E-state index is 10.8. The fourth-order valence-corrected chi connectivity index (χ4v) is 2.02. The Morgan fingerprint density at radius 2 is 1.82 bits per heavy atom. The highest BCUT2D eigenvalue weighted by atomic mass is 16.4. The number of nitrogens with zero attached hydrogens (tertiary/aromatic N) is 1. The van der Waals surface area contributed by atoms with Gasteiger partial charge in [-0.2, -0.15) is 0 Å². The molecule has 1 N–H and O–H groups in total. The van der Waals surface area contributed by atoms with Crippen LogP contribution < -0.4 is 5.11 Å². The van der Waals surface area contributed by atoms with E-state index >= 15 is 0 Å². The molecule has 0 amide bonds. The number of carboxylic acid groups (broad SMARTS) is 1. The molecule has 94 valence electrons.